The predicted molar refractivity (Wildman–Crippen MR) is 78.7 cm³/mol. The molecule has 0 spiro atoms. The summed E-state index contributed by atoms with van der Waals surface area (Å²) in [6, 6.07) is 8.84. The number of nitrogens with zero attached hydrogens (tertiary/aromatic N) is 1. The molecule has 3 heteroatoms. The Morgan fingerprint density at radius 3 is 3.00 bits per heavy atom. The molecule has 1 aromatic carbocycles. The van der Waals surface area contributed by atoms with Crippen LogP contribution < -0.4 is 0 Å². The number of fused-ring (bicyclic) bond motifs is 1. The molecule has 1 aliphatic carbocycles. The Morgan fingerprint density at radius 1 is 1.45 bits per heavy atom. The molecule has 1 fully saturated rings. The van der Waals surface area contributed by atoms with Gasteiger partial charge in [0.1, 0.15) is 5.54 Å². The summed E-state index contributed by atoms with van der Waals surface area (Å²) in [5.41, 5.74) is 2.13. The highest BCUT2D eigenvalue weighted by Crippen LogP contribution is 2.45. The van der Waals surface area contributed by atoms with Crippen molar-refractivity contribution in [3.05, 3.63) is 35.4 Å². The van der Waals surface area contributed by atoms with Crippen LogP contribution in [0.4, 0.5) is 0 Å². The minimum absolute atomic E-state index is 0.302. The number of likely N-dealkylation sites (tertiary alicyclic amines) is 1. The Morgan fingerprint density at radius 2 is 2.25 bits per heavy atom. The number of hydrogen-bond acceptors (Lipinski definition) is 2. The fourth-order valence-corrected chi connectivity index (χ4v) is 4.23. The molecule has 3 nitrogen and oxygen atoms in total. The monoisotopic (exact) mass is 273 g/mol. The van der Waals surface area contributed by atoms with Crippen LogP contribution in [0, 0.1) is 0 Å². The molecule has 1 saturated heterocycles. The third-order valence-electron chi connectivity index (χ3n) is 5.08. The summed E-state index contributed by atoms with van der Waals surface area (Å²) in [4.78, 5) is 14.2. The fourth-order valence-electron chi connectivity index (χ4n) is 4.23. The molecule has 0 amide bonds. The van der Waals surface area contributed by atoms with E-state index in [0.29, 0.717) is 6.04 Å². The van der Waals surface area contributed by atoms with Crippen LogP contribution in [-0.4, -0.2) is 28.1 Å². The summed E-state index contributed by atoms with van der Waals surface area (Å²) in [5, 5.41) is 9.83. The van der Waals surface area contributed by atoms with Crippen LogP contribution in [0.25, 0.3) is 0 Å². The van der Waals surface area contributed by atoms with Crippen molar-refractivity contribution in [1.29, 1.82) is 0 Å². The van der Waals surface area contributed by atoms with Gasteiger partial charge >= 0.3 is 5.97 Å². The van der Waals surface area contributed by atoms with Crippen molar-refractivity contribution in [2.24, 2.45) is 0 Å². The zero-order valence-electron chi connectivity index (χ0n) is 12.1. The number of carboxylic acid groups (broad SMARTS) is 1. The van der Waals surface area contributed by atoms with Crippen LogP contribution in [0.1, 0.15) is 56.2 Å². The van der Waals surface area contributed by atoms with E-state index in [1.807, 2.05) is 0 Å². The standard InChI is InChI=1S/C17H23NO2/c1-2-10-17(16(19)20)11-5-12-18(17)15-9-8-13-6-3-4-7-14(13)15/h3-4,6-7,15H,2,5,8-12H2,1H3,(H,19,20). The molecule has 0 aromatic heterocycles. The molecular weight excluding hydrogens is 250 g/mol. The molecule has 20 heavy (non-hydrogen) atoms. The van der Waals surface area contributed by atoms with Crippen molar-refractivity contribution in [3.8, 4) is 0 Å². The minimum atomic E-state index is -0.628. The number of aliphatic carboxylic acids is 1. The normalized spacial score (nSPS) is 29.6. The molecule has 1 aromatic rings. The summed E-state index contributed by atoms with van der Waals surface area (Å²) in [6.45, 7) is 3.01. The maximum absolute atomic E-state index is 12.0. The highest BCUT2D eigenvalue weighted by molar-refractivity contribution is 5.79. The van der Waals surface area contributed by atoms with Gasteiger partial charge in [0.2, 0.25) is 0 Å². The first-order valence-corrected chi connectivity index (χ1v) is 7.77. The van der Waals surface area contributed by atoms with E-state index >= 15 is 0 Å². The van der Waals surface area contributed by atoms with E-state index < -0.39 is 11.5 Å². The molecule has 1 aliphatic heterocycles. The molecule has 0 saturated carbocycles. The predicted octanol–water partition coefficient (Wildman–Crippen LogP) is 3.39. The Labute approximate surface area is 120 Å². The highest BCUT2D eigenvalue weighted by atomic mass is 16.4. The Kier molecular flexibility index (Phi) is 3.55. The van der Waals surface area contributed by atoms with Crippen molar-refractivity contribution in [1.82, 2.24) is 4.90 Å². The molecule has 1 heterocycles. The van der Waals surface area contributed by atoms with E-state index in [9.17, 15) is 9.90 Å². The van der Waals surface area contributed by atoms with Crippen molar-refractivity contribution >= 4 is 5.97 Å². The number of carbonyl (C=O) groups is 1. The lowest BCUT2D eigenvalue weighted by molar-refractivity contribution is -0.152. The van der Waals surface area contributed by atoms with E-state index in [-0.39, 0.29) is 0 Å². The van der Waals surface area contributed by atoms with Gasteiger partial charge in [-0.05, 0) is 49.8 Å². The Bertz CT molecular complexity index is 513. The van der Waals surface area contributed by atoms with E-state index in [2.05, 4.69) is 36.1 Å². The van der Waals surface area contributed by atoms with Gasteiger partial charge in [0.05, 0.1) is 0 Å². The van der Waals surface area contributed by atoms with Gasteiger partial charge in [-0.15, -0.1) is 0 Å². The summed E-state index contributed by atoms with van der Waals surface area (Å²) >= 11 is 0. The summed E-state index contributed by atoms with van der Waals surface area (Å²) in [7, 11) is 0. The molecule has 0 radical (unpaired) electrons. The number of benzene rings is 1. The van der Waals surface area contributed by atoms with Gasteiger partial charge < -0.3 is 5.11 Å². The quantitative estimate of drug-likeness (QED) is 0.914. The number of rotatable bonds is 4. The van der Waals surface area contributed by atoms with Crippen LogP contribution in [0.3, 0.4) is 0 Å². The topological polar surface area (TPSA) is 40.5 Å². The van der Waals surface area contributed by atoms with Crippen LogP contribution in [-0.2, 0) is 11.2 Å². The Balaban J connectivity index is 1.95. The van der Waals surface area contributed by atoms with Crippen molar-refractivity contribution in [3.63, 3.8) is 0 Å². The van der Waals surface area contributed by atoms with Gasteiger partial charge in [-0.1, -0.05) is 37.6 Å². The van der Waals surface area contributed by atoms with Crippen molar-refractivity contribution in [2.45, 2.75) is 57.0 Å². The van der Waals surface area contributed by atoms with Gasteiger partial charge in [-0.3, -0.25) is 9.69 Å². The fraction of sp³-hybridized carbons (Fsp3) is 0.588. The molecule has 1 N–H and O–H groups in total. The summed E-state index contributed by atoms with van der Waals surface area (Å²) in [6.07, 6.45) is 5.65. The van der Waals surface area contributed by atoms with E-state index in [0.717, 1.165) is 45.1 Å². The SMILES string of the molecule is CCCC1(C(=O)O)CCCN1C1CCc2ccccc21. The van der Waals surface area contributed by atoms with Gasteiger partial charge in [0.15, 0.2) is 0 Å². The van der Waals surface area contributed by atoms with Gasteiger partial charge in [0.25, 0.3) is 0 Å². The summed E-state index contributed by atoms with van der Waals surface area (Å²) in [5.74, 6) is -0.624. The zero-order valence-corrected chi connectivity index (χ0v) is 12.1. The number of carboxylic acids is 1. The first-order valence-electron chi connectivity index (χ1n) is 7.77. The molecule has 2 unspecified atom stereocenters. The average Bonchev–Trinajstić information content (AvgIpc) is 3.03. The smallest absolute Gasteiger partial charge is 0.324 e. The second-order valence-electron chi connectivity index (χ2n) is 6.14. The lowest BCUT2D eigenvalue weighted by Gasteiger charge is -2.39. The van der Waals surface area contributed by atoms with Gasteiger partial charge in [-0.2, -0.15) is 0 Å². The third kappa shape index (κ3) is 1.96. The highest BCUT2D eigenvalue weighted by Gasteiger charge is 2.50. The maximum Gasteiger partial charge on any atom is 0.324 e. The third-order valence-corrected chi connectivity index (χ3v) is 5.08. The second kappa shape index (κ2) is 5.21. The van der Waals surface area contributed by atoms with E-state index in [4.69, 9.17) is 0 Å². The molecule has 108 valence electrons. The van der Waals surface area contributed by atoms with Crippen LogP contribution in [0.2, 0.25) is 0 Å². The van der Waals surface area contributed by atoms with Crippen LogP contribution >= 0.6 is 0 Å². The lowest BCUT2D eigenvalue weighted by atomic mass is 9.89. The maximum atomic E-state index is 12.0. The van der Waals surface area contributed by atoms with Crippen LogP contribution in [0.15, 0.2) is 24.3 Å². The van der Waals surface area contributed by atoms with Gasteiger partial charge in [0, 0.05) is 6.04 Å². The van der Waals surface area contributed by atoms with Crippen molar-refractivity contribution in [2.75, 3.05) is 6.54 Å². The average molecular weight is 273 g/mol. The Hall–Kier alpha value is -1.35. The largest absolute Gasteiger partial charge is 0.480 e. The molecule has 2 aliphatic rings. The van der Waals surface area contributed by atoms with E-state index in [1.165, 1.54) is 11.1 Å². The number of aryl methyl sites for hydroxylation is 1. The molecule has 0 bridgehead atoms. The first kappa shape index (κ1) is 13.6. The molecule has 2 atom stereocenters. The number of hydrogen-bond donors (Lipinski definition) is 1. The molecule has 3 rings (SSSR count). The zero-order chi connectivity index (χ0) is 14.2. The van der Waals surface area contributed by atoms with E-state index in [1.54, 1.807) is 0 Å². The minimum Gasteiger partial charge on any atom is -0.480 e. The molecular formula is C17H23NO2. The second-order valence-corrected chi connectivity index (χ2v) is 6.14. The first-order chi connectivity index (χ1) is 9.69. The van der Waals surface area contributed by atoms with Gasteiger partial charge in [-0.25, -0.2) is 0 Å². The van der Waals surface area contributed by atoms with Crippen LogP contribution in [0.5, 0.6) is 0 Å². The summed E-state index contributed by atoms with van der Waals surface area (Å²) < 4.78 is 0. The lowest BCUT2D eigenvalue weighted by Crippen LogP contribution is -2.51. The van der Waals surface area contributed by atoms with Crippen molar-refractivity contribution < 1.29 is 9.90 Å².